The molecule has 0 saturated carbocycles. The van der Waals surface area contributed by atoms with Crippen LogP contribution in [0, 0.1) is 11.3 Å². The van der Waals surface area contributed by atoms with Crippen molar-refractivity contribution in [3.63, 3.8) is 0 Å². The molecular weight excluding hydrogens is 238 g/mol. The molecule has 92 valence electrons. The fourth-order valence-corrected chi connectivity index (χ4v) is 1.38. The van der Waals surface area contributed by atoms with Crippen molar-refractivity contribution in [3.8, 4) is 6.07 Å². The summed E-state index contributed by atoms with van der Waals surface area (Å²) in [6.45, 7) is 3.59. The Bertz CT molecular complexity index is 544. The lowest BCUT2D eigenvalue weighted by Crippen LogP contribution is -2.38. The number of hydrogen-bond acceptors (Lipinski definition) is 5. The molecule has 5 nitrogen and oxygen atoms in total. The molecule has 0 amide bonds. The van der Waals surface area contributed by atoms with Gasteiger partial charge in [-0.1, -0.05) is 0 Å². The first-order valence-electron chi connectivity index (χ1n) is 5.06. The van der Waals surface area contributed by atoms with Gasteiger partial charge in [-0.2, -0.15) is 5.26 Å². The van der Waals surface area contributed by atoms with Crippen molar-refractivity contribution < 1.29 is 8.42 Å². The molecule has 6 heteroatoms. The van der Waals surface area contributed by atoms with Gasteiger partial charge in [0.15, 0.2) is 9.84 Å². The number of anilines is 1. The Labute approximate surface area is 101 Å². The number of pyridine rings is 1. The Kier molecular flexibility index (Phi) is 3.73. The number of nitriles is 1. The zero-order chi connectivity index (χ0) is 13.1. The van der Waals surface area contributed by atoms with E-state index >= 15 is 0 Å². The lowest BCUT2D eigenvalue weighted by Gasteiger charge is -2.23. The topological polar surface area (TPSA) is 82.8 Å². The molecule has 0 unspecified atom stereocenters. The van der Waals surface area contributed by atoms with Gasteiger partial charge < -0.3 is 5.32 Å². The minimum atomic E-state index is -3.13. The molecule has 1 N–H and O–H groups in total. The van der Waals surface area contributed by atoms with Crippen LogP contribution in [0.4, 0.5) is 5.69 Å². The lowest BCUT2D eigenvalue weighted by atomic mass is 10.2. The summed E-state index contributed by atoms with van der Waals surface area (Å²) in [4.78, 5) is 3.83. The van der Waals surface area contributed by atoms with E-state index in [1.54, 1.807) is 26.0 Å². The highest BCUT2D eigenvalue weighted by Gasteiger charge is 2.29. The van der Waals surface area contributed by atoms with Gasteiger partial charge >= 0.3 is 0 Å². The lowest BCUT2D eigenvalue weighted by molar-refractivity contribution is 0.560. The maximum atomic E-state index is 11.5. The first-order valence-corrected chi connectivity index (χ1v) is 6.95. The third kappa shape index (κ3) is 3.43. The van der Waals surface area contributed by atoms with E-state index < -0.39 is 14.6 Å². The molecule has 0 aliphatic heterocycles. The van der Waals surface area contributed by atoms with Crippen molar-refractivity contribution in [3.05, 3.63) is 24.0 Å². The summed E-state index contributed by atoms with van der Waals surface area (Å²) in [6, 6.07) is 5.20. The Hall–Kier alpha value is -1.61. The molecule has 0 fully saturated rings. The quantitative estimate of drug-likeness (QED) is 0.871. The highest BCUT2D eigenvalue weighted by atomic mass is 32.2. The molecule has 17 heavy (non-hydrogen) atoms. The Morgan fingerprint density at radius 2 is 2.18 bits per heavy atom. The van der Waals surface area contributed by atoms with Crippen LogP contribution in [0.25, 0.3) is 0 Å². The van der Waals surface area contributed by atoms with Gasteiger partial charge in [-0.25, -0.2) is 13.4 Å². The van der Waals surface area contributed by atoms with Crippen LogP contribution >= 0.6 is 0 Å². The maximum Gasteiger partial charge on any atom is 0.154 e. The SMILES string of the molecule is CC(C)(CNc1ccnc(C#N)c1)S(C)(=O)=O. The number of nitrogens with zero attached hydrogens (tertiary/aromatic N) is 2. The third-order valence-corrected chi connectivity index (χ3v) is 4.75. The van der Waals surface area contributed by atoms with Gasteiger partial charge in [0.2, 0.25) is 0 Å². The molecule has 0 atom stereocenters. The van der Waals surface area contributed by atoms with Gasteiger partial charge in [0.25, 0.3) is 0 Å². The fraction of sp³-hybridized carbons (Fsp3) is 0.455. The van der Waals surface area contributed by atoms with Gasteiger partial charge in [-0.05, 0) is 26.0 Å². The fourth-order valence-electron chi connectivity index (χ4n) is 1.05. The number of hydrogen-bond donors (Lipinski definition) is 1. The molecule has 0 aliphatic carbocycles. The van der Waals surface area contributed by atoms with Crippen LogP contribution in [-0.4, -0.2) is 30.9 Å². The smallest absolute Gasteiger partial charge is 0.154 e. The highest BCUT2D eigenvalue weighted by molar-refractivity contribution is 7.92. The van der Waals surface area contributed by atoms with E-state index in [0.717, 1.165) is 0 Å². The summed E-state index contributed by atoms with van der Waals surface area (Å²) in [5.74, 6) is 0. The number of sulfone groups is 1. The molecule has 0 bridgehead atoms. The van der Waals surface area contributed by atoms with E-state index in [1.807, 2.05) is 6.07 Å². The molecule has 1 aromatic heterocycles. The van der Waals surface area contributed by atoms with Gasteiger partial charge in [0.05, 0.1) is 4.75 Å². The van der Waals surface area contributed by atoms with Gasteiger partial charge in [-0.15, -0.1) is 0 Å². The molecule has 0 aliphatic rings. The second-order valence-corrected chi connectivity index (χ2v) is 7.08. The molecular formula is C11H15N3O2S. The molecule has 0 radical (unpaired) electrons. The Morgan fingerprint density at radius 1 is 1.53 bits per heavy atom. The average Bonchev–Trinajstić information content (AvgIpc) is 2.25. The minimum Gasteiger partial charge on any atom is -0.383 e. The summed E-state index contributed by atoms with van der Waals surface area (Å²) >= 11 is 0. The van der Waals surface area contributed by atoms with Crippen LogP contribution in [0.1, 0.15) is 19.5 Å². The second kappa shape index (κ2) is 4.72. The normalized spacial score (nSPS) is 11.9. The molecule has 0 saturated heterocycles. The van der Waals surface area contributed by atoms with E-state index in [9.17, 15) is 8.42 Å². The maximum absolute atomic E-state index is 11.5. The Morgan fingerprint density at radius 3 is 2.71 bits per heavy atom. The zero-order valence-electron chi connectivity index (χ0n) is 10.1. The predicted octanol–water partition coefficient (Wildman–Crippen LogP) is 1.19. The number of aromatic nitrogens is 1. The molecule has 0 spiro atoms. The van der Waals surface area contributed by atoms with E-state index in [4.69, 9.17) is 5.26 Å². The van der Waals surface area contributed by atoms with Crippen LogP contribution in [0.5, 0.6) is 0 Å². The molecule has 1 rings (SSSR count). The summed E-state index contributed by atoms with van der Waals surface area (Å²) in [5, 5.41) is 11.7. The van der Waals surface area contributed by atoms with Crippen LogP contribution in [0.2, 0.25) is 0 Å². The number of rotatable bonds is 4. The van der Waals surface area contributed by atoms with Crippen molar-refractivity contribution >= 4 is 15.5 Å². The van der Waals surface area contributed by atoms with Gasteiger partial charge in [0, 0.05) is 24.7 Å². The van der Waals surface area contributed by atoms with Crippen molar-refractivity contribution in [2.45, 2.75) is 18.6 Å². The van der Waals surface area contributed by atoms with Crippen molar-refractivity contribution in [2.24, 2.45) is 0 Å². The van der Waals surface area contributed by atoms with E-state index in [2.05, 4.69) is 10.3 Å². The monoisotopic (exact) mass is 253 g/mol. The van der Waals surface area contributed by atoms with Crippen LogP contribution in [-0.2, 0) is 9.84 Å². The minimum absolute atomic E-state index is 0.278. The summed E-state index contributed by atoms with van der Waals surface area (Å²) in [7, 11) is -3.13. The van der Waals surface area contributed by atoms with Crippen LogP contribution in [0.3, 0.4) is 0 Å². The first kappa shape index (κ1) is 13.5. The highest BCUT2D eigenvalue weighted by Crippen LogP contribution is 2.16. The largest absolute Gasteiger partial charge is 0.383 e. The summed E-state index contributed by atoms with van der Waals surface area (Å²) in [6.07, 6.45) is 2.72. The van der Waals surface area contributed by atoms with Crippen LogP contribution < -0.4 is 5.32 Å². The van der Waals surface area contributed by atoms with E-state index in [0.29, 0.717) is 11.4 Å². The molecule has 1 aromatic rings. The van der Waals surface area contributed by atoms with Crippen molar-refractivity contribution in [1.29, 1.82) is 5.26 Å². The molecule has 1 heterocycles. The number of nitrogens with one attached hydrogen (secondary N) is 1. The zero-order valence-corrected chi connectivity index (χ0v) is 10.9. The first-order chi connectivity index (χ1) is 7.76. The molecule has 0 aromatic carbocycles. The summed E-state index contributed by atoms with van der Waals surface area (Å²) in [5.41, 5.74) is 0.987. The van der Waals surface area contributed by atoms with Crippen molar-refractivity contribution in [2.75, 3.05) is 18.1 Å². The van der Waals surface area contributed by atoms with E-state index in [-0.39, 0.29) is 6.54 Å². The van der Waals surface area contributed by atoms with E-state index in [1.165, 1.54) is 12.5 Å². The second-order valence-electron chi connectivity index (χ2n) is 4.43. The Balaban J connectivity index is 2.78. The summed E-state index contributed by atoms with van der Waals surface area (Å²) < 4.78 is 22.1. The average molecular weight is 253 g/mol. The predicted molar refractivity (Wildman–Crippen MR) is 66.4 cm³/mol. The van der Waals surface area contributed by atoms with Crippen molar-refractivity contribution in [1.82, 2.24) is 4.98 Å². The van der Waals surface area contributed by atoms with Crippen LogP contribution in [0.15, 0.2) is 18.3 Å². The van der Waals surface area contributed by atoms with Gasteiger partial charge in [-0.3, -0.25) is 0 Å². The standard InChI is InChI=1S/C11H15N3O2S/c1-11(2,17(3,15)16)8-14-9-4-5-13-10(6-9)7-12/h4-6H,8H2,1-3H3,(H,13,14). The third-order valence-electron chi connectivity index (χ3n) is 2.60. The van der Waals surface area contributed by atoms with Gasteiger partial charge in [0.1, 0.15) is 11.8 Å².